The Bertz CT molecular complexity index is 324. The highest BCUT2D eigenvalue weighted by Gasteiger charge is 2.12. The van der Waals surface area contributed by atoms with E-state index in [1.807, 2.05) is 0 Å². The highest BCUT2D eigenvalue weighted by molar-refractivity contribution is 5.69. The fourth-order valence-corrected chi connectivity index (χ4v) is 2.18. The third kappa shape index (κ3) is 1.88. The third-order valence-electron chi connectivity index (χ3n) is 2.95. The second kappa shape index (κ2) is 4.43. The van der Waals surface area contributed by atoms with Gasteiger partial charge in [-0.25, -0.2) is 0 Å². The molecule has 1 heteroatoms. The lowest BCUT2D eigenvalue weighted by Crippen LogP contribution is -2.09. The number of hydrogen-bond donors (Lipinski definition) is 1. The molecule has 0 heterocycles. The van der Waals surface area contributed by atoms with Crippen molar-refractivity contribution in [1.82, 2.24) is 0 Å². The van der Waals surface area contributed by atoms with E-state index >= 15 is 0 Å². The summed E-state index contributed by atoms with van der Waals surface area (Å²) >= 11 is 0. The summed E-state index contributed by atoms with van der Waals surface area (Å²) in [7, 11) is 0. The van der Waals surface area contributed by atoms with Crippen LogP contribution < -0.4 is 5.73 Å². The number of allylic oxidation sites excluding steroid dienone is 1. The fourth-order valence-electron chi connectivity index (χ4n) is 2.18. The molecule has 0 aromatic heterocycles. The first-order valence-corrected chi connectivity index (χ1v) is 5.38. The molecule has 14 heavy (non-hydrogen) atoms. The van der Waals surface area contributed by atoms with Crippen LogP contribution in [0.4, 0.5) is 0 Å². The molecule has 2 rings (SSSR count). The summed E-state index contributed by atoms with van der Waals surface area (Å²) in [4.78, 5) is 0. The zero-order valence-corrected chi connectivity index (χ0v) is 8.50. The SMILES string of the molecule is NCC1=C(c2ccccc2)CCCC1. The van der Waals surface area contributed by atoms with Crippen molar-refractivity contribution in [2.75, 3.05) is 6.54 Å². The van der Waals surface area contributed by atoms with Gasteiger partial charge in [-0.05, 0) is 36.8 Å². The van der Waals surface area contributed by atoms with Crippen LogP contribution in [0.5, 0.6) is 0 Å². The van der Waals surface area contributed by atoms with Crippen LogP contribution in [0.15, 0.2) is 35.9 Å². The number of nitrogens with two attached hydrogens (primary N) is 1. The molecular formula is C13H17N. The van der Waals surface area contributed by atoms with Gasteiger partial charge in [0, 0.05) is 6.54 Å². The van der Waals surface area contributed by atoms with E-state index in [1.165, 1.54) is 42.4 Å². The molecule has 1 aliphatic carbocycles. The smallest absolute Gasteiger partial charge is 0.0142 e. The van der Waals surface area contributed by atoms with Gasteiger partial charge >= 0.3 is 0 Å². The van der Waals surface area contributed by atoms with E-state index in [1.54, 1.807) is 0 Å². The lowest BCUT2D eigenvalue weighted by atomic mass is 9.87. The highest BCUT2D eigenvalue weighted by Crippen LogP contribution is 2.31. The van der Waals surface area contributed by atoms with Crippen LogP contribution in [0.1, 0.15) is 31.2 Å². The molecule has 2 N–H and O–H groups in total. The Kier molecular flexibility index (Phi) is 3.00. The molecule has 0 unspecified atom stereocenters. The molecule has 0 bridgehead atoms. The summed E-state index contributed by atoms with van der Waals surface area (Å²) in [6.07, 6.45) is 5.02. The van der Waals surface area contributed by atoms with E-state index in [9.17, 15) is 0 Å². The second-order valence-corrected chi connectivity index (χ2v) is 3.86. The monoisotopic (exact) mass is 187 g/mol. The molecule has 0 saturated carbocycles. The van der Waals surface area contributed by atoms with Crippen molar-refractivity contribution in [2.45, 2.75) is 25.7 Å². The molecule has 0 radical (unpaired) electrons. The van der Waals surface area contributed by atoms with E-state index in [0.29, 0.717) is 0 Å². The van der Waals surface area contributed by atoms with E-state index < -0.39 is 0 Å². The van der Waals surface area contributed by atoms with E-state index in [4.69, 9.17) is 5.73 Å². The van der Waals surface area contributed by atoms with Gasteiger partial charge in [-0.2, -0.15) is 0 Å². The largest absolute Gasteiger partial charge is 0.327 e. The maximum atomic E-state index is 5.77. The Morgan fingerprint density at radius 2 is 1.71 bits per heavy atom. The van der Waals surface area contributed by atoms with Crippen molar-refractivity contribution < 1.29 is 0 Å². The molecule has 0 atom stereocenters. The van der Waals surface area contributed by atoms with Crippen molar-refractivity contribution in [3.8, 4) is 0 Å². The maximum absolute atomic E-state index is 5.77. The third-order valence-corrected chi connectivity index (χ3v) is 2.95. The van der Waals surface area contributed by atoms with Gasteiger partial charge in [-0.1, -0.05) is 35.9 Å². The predicted molar refractivity (Wildman–Crippen MR) is 60.9 cm³/mol. The Morgan fingerprint density at radius 1 is 1.00 bits per heavy atom. The van der Waals surface area contributed by atoms with Crippen molar-refractivity contribution in [2.24, 2.45) is 5.73 Å². The Labute approximate surface area is 85.6 Å². The molecule has 0 fully saturated rings. The van der Waals surface area contributed by atoms with Crippen molar-refractivity contribution in [1.29, 1.82) is 0 Å². The van der Waals surface area contributed by atoms with Gasteiger partial charge in [0.05, 0.1) is 0 Å². The first-order chi connectivity index (χ1) is 6.92. The zero-order chi connectivity index (χ0) is 9.80. The summed E-state index contributed by atoms with van der Waals surface area (Å²) in [5, 5.41) is 0. The van der Waals surface area contributed by atoms with Crippen LogP contribution >= 0.6 is 0 Å². The summed E-state index contributed by atoms with van der Waals surface area (Å²) in [6, 6.07) is 10.7. The molecule has 74 valence electrons. The number of hydrogen-bond acceptors (Lipinski definition) is 1. The maximum Gasteiger partial charge on any atom is 0.0142 e. The normalized spacial score (nSPS) is 17.2. The van der Waals surface area contributed by atoms with Crippen LogP contribution in [-0.4, -0.2) is 6.54 Å². The quantitative estimate of drug-likeness (QED) is 0.756. The Balaban J connectivity index is 2.35. The topological polar surface area (TPSA) is 26.0 Å². The van der Waals surface area contributed by atoms with Gasteiger partial charge in [0.1, 0.15) is 0 Å². The number of rotatable bonds is 2. The molecule has 0 saturated heterocycles. The lowest BCUT2D eigenvalue weighted by molar-refractivity contribution is 0.704. The standard InChI is InChI=1S/C13H17N/c14-10-12-8-4-5-9-13(12)11-6-2-1-3-7-11/h1-3,6-7H,4-5,8-10,14H2. The molecule has 1 aromatic rings. The summed E-state index contributed by atoms with van der Waals surface area (Å²) < 4.78 is 0. The molecule has 1 aromatic carbocycles. The minimum Gasteiger partial charge on any atom is -0.327 e. The molecular weight excluding hydrogens is 170 g/mol. The highest BCUT2D eigenvalue weighted by atomic mass is 14.5. The minimum absolute atomic E-state index is 0.726. The van der Waals surface area contributed by atoms with E-state index in [0.717, 1.165) is 6.54 Å². The minimum atomic E-state index is 0.726. The summed E-state index contributed by atoms with van der Waals surface area (Å²) in [5.74, 6) is 0. The lowest BCUT2D eigenvalue weighted by Gasteiger charge is -2.19. The Morgan fingerprint density at radius 3 is 2.43 bits per heavy atom. The van der Waals surface area contributed by atoms with Gasteiger partial charge in [0.2, 0.25) is 0 Å². The predicted octanol–water partition coefficient (Wildman–Crippen LogP) is 2.97. The van der Waals surface area contributed by atoms with Crippen molar-refractivity contribution in [3.05, 3.63) is 41.5 Å². The first-order valence-electron chi connectivity index (χ1n) is 5.38. The average Bonchev–Trinajstić information content (AvgIpc) is 2.30. The molecule has 0 spiro atoms. The summed E-state index contributed by atoms with van der Waals surface area (Å²) in [6.45, 7) is 0.726. The van der Waals surface area contributed by atoms with E-state index in [-0.39, 0.29) is 0 Å². The molecule has 0 amide bonds. The van der Waals surface area contributed by atoms with Crippen LogP contribution in [0.3, 0.4) is 0 Å². The van der Waals surface area contributed by atoms with Gasteiger partial charge in [0.15, 0.2) is 0 Å². The van der Waals surface area contributed by atoms with Gasteiger partial charge in [0.25, 0.3) is 0 Å². The fraction of sp³-hybridized carbons (Fsp3) is 0.385. The second-order valence-electron chi connectivity index (χ2n) is 3.86. The summed E-state index contributed by atoms with van der Waals surface area (Å²) in [5.41, 5.74) is 10.1. The van der Waals surface area contributed by atoms with Gasteiger partial charge in [-0.3, -0.25) is 0 Å². The molecule has 0 aliphatic heterocycles. The van der Waals surface area contributed by atoms with Crippen LogP contribution in [-0.2, 0) is 0 Å². The average molecular weight is 187 g/mol. The Hall–Kier alpha value is -1.08. The zero-order valence-electron chi connectivity index (χ0n) is 8.50. The van der Waals surface area contributed by atoms with Crippen LogP contribution in [0.2, 0.25) is 0 Å². The molecule has 1 nitrogen and oxygen atoms in total. The van der Waals surface area contributed by atoms with Crippen molar-refractivity contribution in [3.63, 3.8) is 0 Å². The first kappa shape index (κ1) is 9.47. The van der Waals surface area contributed by atoms with Crippen molar-refractivity contribution >= 4 is 5.57 Å². The van der Waals surface area contributed by atoms with Gasteiger partial charge < -0.3 is 5.73 Å². The van der Waals surface area contributed by atoms with Gasteiger partial charge in [-0.15, -0.1) is 0 Å². The number of benzene rings is 1. The van der Waals surface area contributed by atoms with Crippen LogP contribution in [0, 0.1) is 0 Å². The molecule has 1 aliphatic rings. The van der Waals surface area contributed by atoms with E-state index in [2.05, 4.69) is 30.3 Å². The van der Waals surface area contributed by atoms with Crippen LogP contribution in [0.25, 0.3) is 5.57 Å².